The lowest BCUT2D eigenvalue weighted by Gasteiger charge is -2.09. The molecule has 0 atom stereocenters. The minimum atomic E-state index is -0.221. The zero-order valence-electron chi connectivity index (χ0n) is 15.9. The first-order chi connectivity index (χ1) is 13.4. The number of carbonyl (C=O) groups is 2. The summed E-state index contributed by atoms with van der Waals surface area (Å²) >= 11 is 0. The zero-order valence-corrected chi connectivity index (χ0v) is 15.9. The van der Waals surface area contributed by atoms with Crippen LogP contribution >= 0.6 is 0 Å². The Bertz CT molecular complexity index is 978. The van der Waals surface area contributed by atoms with Crippen molar-refractivity contribution < 1.29 is 9.59 Å². The Kier molecular flexibility index (Phi) is 5.64. The monoisotopic (exact) mass is 375 g/mol. The second-order valence-electron chi connectivity index (χ2n) is 6.39. The number of aryl methyl sites for hydroxylation is 2. The molecular formula is C21H21N5O2. The van der Waals surface area contributed by atoms with Crippen molar-refractivity contribution in [2.24, 2.45) is 0 Å². The average molecular weight is 375 g/mol. The molecule has 2 aromatic carbocycles. The molecule has 0 aliphatic carbocycles. The Balaban J connectivity index is 1.64. The topological polar surface area (TPSA) is 96.0 Å². The molecular weight excluding hydrogens is 354 g/mol. The molecule has 1 heterocycles. The molecule has 7 heteroatoms. The van der Waals surface area contributed by atoms with Crippen molar-refractivity contribution in [1.29, 1.82) is 0 Å². The van der Waals surface area contributed by atoms with Crippen LogP contribution < -0.4 is 16.0 Å². The number of nitrogens with zero attached hydrogens (tertiary/aromatic N) is 2. The quantitative estimate of drug-likeness (QED) is 0.625. The van der Waals surface area contributed by atoms with Crippen molar-refractivity contribution in [1.82, 2.24) is 9.97 Å². The minimum absolute atomic E-state index is 0.142. The van der Waals surface area contributed by atoms with E-state index >= 15 is 0 Å². The fourth-order valence-electron chi connectivity index (χ4n) is 2.66. The molecule has 0 radical (unpaired) electrons. The third kappa shape index (κ3) is 5.14. The van der Waals surface area contributed by atoms with Gasteiger partial charge in [0.15, 0.2) is 0 Å². The molecule has 0 bridgehead atoms. The SMILES string of the molecule is CC(=O)Nc1ccc(NC(=O)c2ccc(Nc3nc(C)cc(C)n3)cc2)cc1. The van der Waals surface area contributed by atoms with E-state index in [1.807, 2.05) is 19.9 Å². The van der Waals surface area contributed by atoms with Gasteiger partial charge in [-0.2, -0.15) is 0 Å². The number of carbonyl (C=O) groups excluding carboxylic acids is 2. The zero-order chi connectivity index (χ0) is 20.1. The standard InChI is InChI=1S/C21H21N5O2/c1-13-12-14(2)23-21(22-13)26-19-6-4-16(5-7-19)20(28)25-18-10-8-17(9-11-18)24-15(3)27/h4-12H,1-3H3,(H,24,27)(H,25,28)(H,22,23,26). The van der Waals surface area contributed by atoms with Crippen molar-refractivity contribution in [2.75, 3.05) is 16.0 Å². The van der Waals surface area contributed by atoms with Gasteiger partial charge in [0.05, 0.1) is 0 Å². The minimum Gasteiger partial charge on any atom is -0.326 e. The lowest BCUT2D eigenvalue weighted by atomic mass is 10.2. The Hall–Kier alpha value is -3.74. The number of aromatic nitrogens is 2. The number of rotatable bonds is 5. The highest BCUT2D eigenvalue weighted by molar-refractivity contribution is 6.04. The van der Waals surface area contributed by atoms with Gasteiger partial charge in [0.1, 0.15) is 0 Å². The van der Waals surface area contributed by atoms with E-state index in [4.69, 9.17) is 0 Å². The largest absolute Gasteiger partial charge is 0.326 e. The van der Waals surface area contributed by atoms with E-state index in [1.54, 1.807) is 48.5 Å². The van der Waals surface area contributed by atoms with E-state index in [1.165, 1.54) is 6.92 Å². The Morgan fingerprint density at radius 1 is 0.750 bits per heavy atom. The van der Waals surface area contributed by atoms with Crippen LogP contribution in [0, 0.1) is 13.8 Å². The third-order valence-corrected chi connectivity index (χ3v) is 3.85. The molecule has 28 heavy (non-hydrogen) atoms. The molecule has 7 nitrogen and oxygen atoms in total. The molecule has 0 saturated heterocycles. The van der Waals surface area contributed by atoms with Gasteiger partial charge >= 0.3 is 0 Å². The first-order valence-corrected chi connectivity index (χ1v) is 8.77. The van der Waals surface area contributed by atoms with Gasteiger partial charge in [-0.15, -0.1) is 0 Å². The first-order valence-electron chi connectivity index (χ1n) is 8.77. The van der Waals surface area contributed by atoms with Crippen LogP contribution in [0.5, 0.6) is 0 Å². The van der Waals surface area contributed by atoms with Crippen LogP contribution in [-0.2, 0) is 4.79 Å². The van der Waals surface area contributed by atoms with Crippen LogP contribution in [0.2, 0.25) is 0 Å². The molecule has 1 aromatic heterocycles. The van der Waals surface area contributed by atoms with Gasteiger partial charge in [0, 0.05) is 40.9 Å². The summed E-state index contributed by atoms with van der Waals surface area (Å²) in [5, 5.41) is 8.64. The van der Waals surface area contributed by atoms with Crippen LogP contribution in [0.15, 0.2) is 54.6 Å². The molecule has 2 amide bonds. The average Bonchev–Trinajstić information content (AvgIpc) is 2.62. The van der Waals surface area contributed by atoms with Crippen LogP contribution in [0.1, 0.15) is 28.7 Å². The van der Waals surface area contributed by atoms with Crippen LogP contribution in [0.4, 0.5) is 23.0 Å². The maximum Gasteiger partial charge on any atom is 0.255 e. The highest BCUT2D eigenvalue weighted by Gasteiger charge is 2.07. The second kappa shape index (κ2) is 8.30. The summed E-state index contributed by atoms with van der Waals surface area (Å²) in [7, 11) is 0. The molecule has 0 unspecified atom stereocenters. The number of nitrogens with one attached hydrogen (secondary N) is 3. The summed E-state index contributed by atoms with van der Waals surface area (Å²) in [6.07, 6.45) is 0. The Labute approximate surface area is 163 Å². The van der Waals surface area contributed by atoms with E-state index in [-0.39, 0.29) is 11.8 Å². The summed E-state index contributed by atoms with van der Waals surface area (Å²) in [6, 6.07) is 15.9. The molecule has 3 rings (SSSR count). The van der Waals surface area contributed by atoms with Gasteiger partial charge in [0.25, 0.3) is 5.91 Å². The fraction of sp³-hybridized carbons (Fsp3) is 0.143. The Morgan fingerprint density at radius 2 is 1.25 bits per heavy atom. The summed E-state index contributed by atoms with van der Waals surface area (Å²) in [5.74, 6) is 0.159. The van der Waals surface area contributed by atoms with E-state index in [2.05, 4.69) is 25.9 Å². The molecule has 0 spiro atoms. The third-order valence-electron chi connectivity index (χ3n) is 3.85. The van der Waals surface area contributed by atoms with Crippen molar-refractivity contribution in [3.8, 4) is 0 Å². The number of hydrogen-bond donors (Lipinski definition) is 3. The molecule has 0 fully saturated rings. The molecule has 142 valence electrons. The normalized spacial score (nSPS) is 10.2. The van der Waals surface area contributed by atoms with Crippen molar-refractivity contribution in [2.45, 2.75) is 20.8 Å². The molecule has 3 N–H and O–H groups in total. The van der Waals surface area contributed by atoms with Crippen LogP contribution in [0.3, 0.4) is 0 Å². The lowest BCUT2D eigenvalue weighted by Crippen LogP contribution is -2.12. The lowest BCUT2D eigenvalue weighted by molar-refractivity contribution is -0.114. The number of hydrogen-bond acceptors (Lipinski definition) is 5. The highest BCUT2D eigenvalue weighted by atomic mass is 16.2. The van der Waals surface area contributed by atoms with Crippen LogP contribution in [0.25, 0.3) is 0 Å². The van der Waals surface area contributed by atoms with E-state index in [9.17, 15) is 9.59 Å². The maximum atomic E-state index is 12.4. The van der Waals surface area contributed by atoms with Gasteiger partial charge in [-0.25, -0.2) is 9.97 Å². The molecule has 0 saturated carbocycles. The maximum absolute atomic E-state index is 12.4. The van der Waals surface area contributed by atoms with E-state index in [0.717, 1.165) is 17.1 Å². The summed E-state index contributed by atoms with van der Waals surface area (Å²) in [4.78, 5) is 32.1. The number of benzene rings is 2. The van der Waals surface area contributed by atoms with Gasteiger partial charge in [-0.3, -0.25) is 9.59 Å². The van der Waals surface area contributed by atoms with Crippen LogP contribution in [-0.4, -0.2) is 21.8 Å². The Morgan fingerprint density at radius 3 is 1.79 bits per heavy atom. The van der Waals surface area contributed by atoms with Crippen molar-refractivity contribution in [3.05, 3.63) is 71.5 Å². The van der Waals surface area contributed by atoms with E-state index < -0.39 is 0 Å². The fourth-order valence-corrected chi connectivity index (χ4v) is 2.66. The predicted octanol–water partition coefficient (Wildman–Crippen LogP) is 4.05. The predicted molar refractivity (Wildman–Crippen MR) is 110 cm³/mol. The molecule has 0 aliphatic rings. The summed E-state index contributed by atoms with van der Waals surface area (Å²) in [6.45, 7) is 5.27. The number of anilines is 4. The summed E-state index contributed by atoms with van der Waals surface area (Å²) < 4.78 is 0. The van der Waals surface area contributed by atoms with Gasteiger partial charge in [-0.05, 0) is 68.4 Å². The molecule has 3 aromatic rings. The number of amides is 2. The van der Waals surface area contributed by atoms with E-state index in [0.29, 0.717) is 22.9 Å². The van der Waals surface area contributed by atoms with Gasteiger partial charge in [-0.1, -0.05) is 0 Å². The molecule has 0 aliphatic heterocycles. The highest BCUT2D eigenvalue weighted by Crippen LogP contribution is 2.17. The van der Waals surface area contributed by atoms with Crippen molar-refractivity contribution in [3.63, 3.8) is 0 Å². The first kappa shape index (κ1) is 19.0. The second-order valence-corrected chi connectivity index (χ2v) is 6.39. The van der Waals surface area contributed by atoms with Gasteiger partial charge in [0.2, 0.25) is 11.9 Å². The summed E-state index contributed by atoms with van der Waals surface area (Å²) in [5.41, 5.74) is 4.41. The van der Waals surface area contributed by atoms with Gasteiger partial charge < -0.3 is 16.0 Å². The smallest absolute Gasteiger partial charge is 0.255 e. The van der Waals surface area contributed by atoms with Crippen molar-refractivity contribution >= 4 is 34.8 Å².